The molecule has 1 aliphatic rings. The number of ether oxygens (including phenoxy) is 1. The molecular weight excluding hydrogens is 276 g/mol. The number of hydrogen-bond acceptors (Lipinski definition) is 4. The van der Waals surface area contributed by atoms with E-state index in [0.717, 1.165) is 62.6 Å². The molecule has 1 N–H and O–H groups in total. The van der Waals surface area contributed by atoms with E-state index in [1.165, 1.54) is 16.7 Å². The zero-order valence-corrected chi connectivity index (χ0v) is 13.4. The van der Waals surface area contributed by atoms with Gasteiger partial charge in [0.1, 0.15) is 11.5 Å². The standard InChI is InChI=1S/C18H24N2O2/c1-3-16-15(17(4-2)22-20-16)12-19-11-13-7-8-18-14(10-13)6-5-9-21-18/h7-8,10,19H,3-6,9,11-12H2,1-2H3. The molecule has 0 bridgehead atoms. The van der Waals surface area contributed by atoms with Crippen molar-refractivity contribution in [2.24, 2.45) is 0 Å². The van der Waals surface area contributed by atoms with E-state index in [9.17, 15) is 0 Å². The Labute approximate surface area is 131 Å². The lowest BCUT2D eigenvalue weighted by Crippen LogP contribution is -2.15. The average Bonchev–Trinajstić information content (AvgIpc) is 2.97. The van der Waals surface area contributed by atoms with Gasteiger partial charge in [-0.1, -0.05) is 31.1 Å². The van der Waals surface area contributed by atoms with E-state index < -0.39 is 0 Å². The van der Waals surface area contributed by atoms with Crippen LogP contribution in [-0.4, -0.2) is 11.8 Å². The fourth-order valence-corrected chi connectivity index (χ4v) is 2.99. The molecule has 4 heteroatoms. The number of aromatic nitrogens is 1. The molecule has 2 aromatic rings. The van der Waals surface area contributed by atoms with Gasteiger partial charge in [-0.25, -0.2) is 0 Å². The Morgan fingerprint density at radius 3 is 2.91 bits per heavy atom. The zero-order chi connectivity index (χ0) is 15.4. The summed E-state index contributed by atoms with van der Waals surface area (Å²) in [5, 5.41) is 7.68. The third kappa shape index (κ3) is 3.17. The number of fused-ring (bicyclic) bond motifs is 1. The van der Waals surface area contributed by atoms with Crippen LogP contribution in [-0.2, 0) is 32.4 Å². The third-order valence-electron chi connectivity index (χ3n) is 4.21. The zero-order valence-electron chi connectivity index (χ0n) is 13.4. The number of rotatable bonds is 6. The molecule has 0 radical (unpaired) electrons. The lowest BCUT2D eigenvalue weighted by molar-refractivity contribution is 0.288. The molecule has 3 rings (SSSR count). The Balaban J connectivity index is 1.62. The molecule has 0 amide bonds. The number of benzene rings is 1. The molecule has 0 unspecified atom stereocenters. The first-order valence-electron chi connectivity index (χ1n) is 8.23. The van der Waals surface area contributed by atoms with Gasteiger partial charge in [0.05, 0.1) is 12.3 Å². The van der Waals surface area contributed by atoms with Crippen LogP contribution in [0.15, 0.2) is 22.7 Å². The second-order valence-electron chi connectivity index (χ2n) is 5.74. The molecule has 22 heavy (non-hydrogen) atoms. The van der Waals surface area contributed by atoms with Crippen molar-refractivity contribution in [3.8, 4) is 5.75 Å². The van der Waals surface area contributed by atoms with E-state index in [4.69, 9.17) is 9.26 Å². The number of aryl methyl sites for hydroxylation is 3. The first-order chi connectivity index (χ1) is 10.8. The second kappa shape index (κ2) is 6.97. The van der Waals surface area contributed by atoms with Crippen LogP contribution in [0.2, 0.25) is 0 Å². The topological polar surface area (TPSA) is 47.3 Å². The Bertz CT molecular complexity index is 613. The maximum absolute atomic E-state index is 5.66. The number of hydrogen-bond donors (Lipinski definition) is 1. The molecule has 0 atom stereocenters. The average molecular weight is 300 g/mol. The highest BCUT2D eigenvalue weighted by atomic mass is 16.5. The van der Waals surface area contributed by atoms with Gasteiger partial charge < -0.3 is 14.6 Å². The van der Waals surface area contributed by atoms with Crippen LogP contribution < -0.4 is 10.1 Å². The van der Waals surface area contributed by atoms with Crippen molar-refractivity contribution in [2.45, 2.75) is 52.6 Å². The van der Waals surface area contributed by atoms with E-state index in [1.54, 1.807) is 0 Å². The molecule has 118 valence electrons. The van der Waals surface area contributed by atoms with Gasteiger partial charge in [-0.15, -0.1) is 0 Å². The molecule has 0 saturated heterocycles. The van der Waals surface area contributed by atoms with Crippen molar-refractivity contribution < 1.29 is 9.26 Å². The van der Waals surface area contributed by atoms with Crippen molar-refractivity contribution in [2.75, 3.05) is 6.61 Å². The van der Waals surface area contributed by atoms with Crippen LogP contribution in [0.1, 0.15) is 48.4 Å². The van der Waals surface area contributed by atoms with Crippen LogP contribution in [0.4, 0.5) is 0 Å². The monoisotopic (exact) mass is 300 g/mol. The van der Waals surface area contributed by atoms with Gasteiger partial charge in [0.2, 0.25) is 0 Å². The smallest absolute Gasteiger partial charge is 0.141 e. The summed E-state index contributed by atoms with van der Waals surface area (Å²) in [6.45, 7) is 6.73. The molecular formula is C18H24N2O2. The molecule has 4 nitrogen and oxygen atoms in total. The van der Waals surface area contributed by atoms with Crippen molar-refractivity contribution in [1.82, 2.24) is 10.5 Å². The summed E-state index contributed by atoms with van der Waals surface area (Å²) >= 11 is 0. The molecule has 1 aromatic heterocycles. The molecule has 0 aliphatic carbocycles. The maximum atomic E-state index is 5.66. The summed E-state index contributed by atoms with van der Waals surface area (Å²) < 4.78 is 11.1. The van der Waals surface area contributed by atoms with Gasteiger partial charge in [0.15, 0.2) is 0 Å². The highest BCUT2D eigenvalue weighted by molar-refractivity contribution is 5.38. The predicted octanol–water partition coefficient (Wildman–Crippen LogP) is 3.41. The normalized spacial score (nSPS) is 13.7. The van der Waals surface area contributed by atoms with Crippen LogP contribution in [0.5, 0.6) is 5.75 Å². The highest BCUT2D eigenvalue weighted by Crippen LogP contribution is 2.25. The van der Waals surface area contributed by atoms with Gasteiger partial charge in [-0.2, -0.15) is 0 Å². The van der Waals surface area contributed by atoms with Crippen molar-refractivity contribution >= 4 is 0 Å². The number of nitrogens with one attached hydrogen (secondary N) is 1. The lowest BCUT2D eigenvalue weighted by atomic mass is 10.0. The summed E-state index contributed by atoms with van der Waals surface area (Å²) in [7, 11) is 0. The summed E-state index contributed by atoms with van der Waals surface area (Å²) in [4.78, 5) is 0. The Kier molecular flexibility index (Phi) is 4.78. The van der Waals surface area contributed by atoms with Gasteiger partial charge in [0, 0.05) is 25.1 Å². The first-order valence-corrected chi connectivity index (χ1v) is 8.23. The van der Waals surface area contributed by atoms with Crippen molar-refractivity contribution in [3.05, 3.63) is 46.3 Å². The maximum Gasteiger partial charge on any atom is 0.141 e. The van der Waals surface area contributed by atoms with Crippen LogP contribution in [0, 0.1) is 0 Å². The van der Waals surface area contributed by atoms with Crippen LogP contribution in [0.3, 0.4) is 0 Å². The first kappa shape index (κ1) is 15.1. The molecule has 0 spiro atoms. The molecule has 1 aromatic carbocycles. The predicted molar refractivity (Wildman–Crippen MR) is 86.1 cm³/mol. The Morgan fingerprint density at radius 1 is 1.18 bits per heavy atom. The summed E-state index contributed by atoms with van der Waals surface area (Å²) in [6.07, 6.45) is 4.04. The Hall–Kier alpha value is -1.81. The van der Waals surface area contributed by atoms with Crippen molar-refractivity contribution in [1.29, 1.82) is 0 Å². The quantitative estimate of drug-likeness (QED) is 0.888. The van der Waals surface area contributed by atoms with Gasteiger partial charge in [-0.3, -0.25) is 0 Å². The van der Waals surface area contributed by atoms with Gasteiger partial charge in [0.25, 0.3) is 0 Å². The minimum absolute atomic E-state index is 0.809. The SMILES string of the molecule is CCc1noc(CC)c1CNCc1ccc2c(c1)CCCO2. The molecule has 2 heterocycles. The fraction of sp³-hybridized carbons (Fsp3) is 0.500. The van der Waals surface area contributed by atoms with Crippen molar-refractivity contribution in [3.63, 3.8) is 0 Å². The summed E-state index contributed by atoms with van der Waals surface area (Å²) in [5.41, 5.74) is 4.94. The molecule has 0 fully saturated rings. The second-order valence-corrected chi connectivity index (χ2v) is 5.74. The van der Waals surface area contributed by atoms with E-state index >= 15 is 0 Å². The van der Waals surface area contributed by atoms with E-state index in [0.29, 0.717) is 0 Å². The minimum Gasteiger partial charge on any atom is -0.493 e. The van der Waals surface area contributed by atoms with E-state index in [-0.39, 0.29) is 0 Å². The summed E-state index contributed by atoms with van der Waals surface area (Å²) in [5.74, 6) is 2.05. The highest BCUT2D eigenvalue weighted by Gasteiger charge is 2.13. The largest absolute Gasteiger partial charge is 0.493 e. The Morgan fingerprint density at radius 2 is 2.09 bits per heavy atom. The minimum atomic E-state index is 0.809. The van der Waals surface area contributed by atoms with Gasteiger partial charge in [-0.05, 0) is 36.5 Å². The van der Waals surface area contributed by atoms with Gasteiger partial charge >= 0.3 is 0 Å². The fourth-order valence-electron chi connectivity index (χ4n) is 2.99. The summed E-state index contributed by atoms with van der Waals surface area (Å²) in [6, 6.07) is 6.50. The van der Waals surface area contributed by atoms with Crippen LogP contribution in [0.25, 0.3) is 0 Å². The third-order valence-corrected chi connectivity index (χ3v) is 4.21. The van der Waals surface area contributed by atoms with Crippen LogP contribution >= 0.6 is 0 Å². The number of nitrogens with zero attached hydrogens (tertiary/aromatic N) is 1. The van der Waals surface area contributed by atoms with E-state index in [2.05, 4.69) is 42.5 Å². The molecule has 1 aliphatic heterocycles. The molecule has 0 saturated carbocycles. The van der Waals surface area contributed by atoms with E-state index in [1.807, 2.05) is 0 Å². The lowest BCUT2D eigenvalue weighted by Gasteiger charge is -2.18.